The molecule has 1 unspecified atom stereocenters. The molecular formula is C14H17NOS. The Balaban J connectivity index is 3.11. The summed E-state index contributed by atoms with van der Waals surface area (Å²) in [6.07, 6.45) is 6.94. The number of nitrogens with zero attached hydrogens (tertiary/aromatic N) is 1. The zero-order valence-electron chi connectivity index (χ0n) is 10.2. The van der Waals surface area contributed by atoms with Gasteiger partial charge in [-0.15, -0.1) is 11.3 Å². The van der Waals surface area contributed by atoms with Crippen LogP contribution in [0.25, 0.3) is 5.57 Å². The molecule has 1 rings (SSSR count). The van der Waals surface area contributed by atoms with Crippen molar-refractivity contribution in [3.63, 3.8) is 0 Å². The van der Waals surface area contributed by atoms with E-state index < -0.39 is 5.60 Å². The zero-order valence-corrected chi connectivity index (χ0v) is 11.0. The largest absolute Gasteiger partial charge is 0.378 e. The lowest BCUT2D eigenvalue weighted by Gasteiger charge is -2.20. The maximum absolute atomic E-state index is 10.3. The Labute approximate surface area is 106 Å². The maximum atomic E-state index is 10.3. The van der Waals surface area contributed by atoms with Gasteiger partial charge in [0.15, 0.2) is 0 Å². The molecule has 0 fully saturated rings. The first kappa shape index (κ1) is 13.6. The van der Waals surface area contributed by atoms with Crippen molar-refractivity contribution in [2.24, 2.45) is 0 Å². The van der Waals surface area contributed by atoms with E-state index in [0.29, 0.717) is 10.6 Å². The molecule has 2 nitrogen and oxygen atoms in total. The quantitative estimate of drug-likeness (QED) is 0.805. The van der Waals surface area contributed by atoms with E-state index in [1.807, 2.05) is 13.0 Å². The van der Waals surface area contributed by atoms with Crippen molar-refractivity contribution in [1.82, 2.24) is 4.98 Å². The van der Waals surface area contributed by atoms with E-state index in [1.165, 1.54) is 11.3 Å². The van der Waals surface area contributed by atoms with E-state index in [9.17, 15) is 5.11 Å². The van der Waals surface area contributed by atoms with E-state index in [4.69, 9.17) is 0 Å². The molecule has 0 radical (unpaired) electrons. The third-order valence-corrected chi connectivity index (χ3v) is 3.89. The SMILES string of the molecule is C=C/C=C(\C)c1cnc(C(C)(O)C(=C)C=C)s1. The highest BCUT2D eigenvalue weighted by molar-refractivity contribution is 7.12. The second-order valence-electron chi connectivity index (χ2n) is 3.92. The molecule has 0 saturated carbocycles. The summed E-state index contributed by atoms with van der Waals surface area (Å²) in [7, 11) is 0. The normalized spacial score (nSPS) is 15.1. The molecule has 0 spiro atoms. The van der Waals surface area contributed by atoms with Crippen LogP contribution in [0.5, 0.6) is 0 Å². The first-order valence-electron chi connectivity index (χ1n) is 5.23. The van der Waals surface area contributed by atoms with Crippen LogP contribution in [0.2, 0.25) is 0 Å². The Kier molecular flexibility index (Phi) is 4.21. The number of aliphatic hydroxyl groups is 1. The molecule has 0 aliphatic carbocycles. The summed E-state index contributed by atoms with van der Waals surface area (Å²) in [6.45, 7) is 14.7. The smallest absolute Gasteiger partial charge is 0.138 e. The van der Waals surface area contributed by atoms with Gasteiger partial charge in [0.1, 0.15) is 10.6 Å². The van der Waals surface area contributed by atoms with Gasteiger partial charge in [0, 0.05) is 6.20 Å². The van der Waals surface area contributed by atoms with Crippen molar-refractivity contribution in [3.05, 3.63) is 59.6 Å². The van der Waals surface area contributed by atoms with E-state index >= 15 is 0 Å². The van der Waals surface area contributed by atoms with Crippen molar-refractivity contribution >= 4 is 16.9 Å². The summed E-state index contributed by atoms with van der Waals surface area (Å²) in [5.74, 6) is 0. The van der Waals surface area contributed by atoms with Gasteiger partial charge in [-0.25, -0.2) is 4.98 Å². The van der Waals surface area contributed by atoms with Crippen LogP contribution < -0.4 is 0 Å². The molecule has 3 heteroatoms. The predicted molar refractivity (Wildman–Crippen MR) is 74.9 cm³/mol. The lowest BCUT2D eigenvalue weighted by atomic mass is 9.98. The van der Waals surface area contributed by atoms with Crippen LogP contribution in [0.3, 0.4) is 0 Å². The van der Waals surface area contributed by atoms with Crippen LogP contribution in [0.1, 0.15) is 23.7 Å². The third kappa shape index (κ3) is 2.81. The van der Waals surface area contributed by atoms with Gasteiger partial charge < -0.3 is 5.11 Å². The molecule has 0 aromatic carbocycles. The summed E-state index contributed by atoms with van der Waals surface area (Å²) >= 11 is 1.45. The number of hydrogen-bond acceptors (Lipinski definition) is 3. The highest BCUT2D eigenvalue weighted by atomic mass is 32.1. The minimum atomic E-state index is -1.15. The van der Waals surface area contributed by atoms with Crippen LogP contribution in [-0.2, 0) is 5.60 Å². The Morgan fingerprint density at radius 3 is 2.71 bits per heavy atom. The first-order valence-corrected chi connectivity index (χ1v) is 6.05. The molecule has 0 saturated heterocycles. The van der Waals surface area contributed by atoms with Crippen molar-refractivity contribution < 1.29 is 5.11 Å². The van der Waals surface area contributed by atoms with Crippen LogP contribution in [0.15, 0.2) is 49.7 Å². The molecule has 1 atom stereocenters. The Morgan fingerprint density at radius 1 is 1.53 bits per heavy atom. The maximum Gasteiger partial charge on any atom is 0.138 e. The van der Waals surface area contributed by atoms with Gasteiger partial charge in [0.25, 0.3) is 0 Å². The fraction of sp³-hybridized carbons (Fsp3) is 0.214. The second-order valence-corrected chi connectivity index (χ2v) is 4.95. The fourth-order valence-electron chi connectivity index (χ4n) is 1.28. The number of rotatable bonds is 5. The predicted octanol–water partition coefficient (Wildman–Crippen LogP) is 3.68. The van der Waals surface area contributed by atoms with Crippen LogP contribution in [0.4, 0.5) is 0 Å². The molecule has 1 aromatic rings. The Hall–Kier alpha value is -1.45. The number of aromatic nitrogens is 1. The molecule has 0 aliphatic rings. The average Bonchev–Trinajstić information content (AvgIpc) is 2.78. The number of hydrogen-bond donors (Lipinski definition) is 1. The van der Waals surface area contributed by atoms with E-state index in [0.717, 1.165) is 10.5 Å². The van der Waals surface area contributed by atoms with Crippen molar-refractivity contribution in [2.75, 3.05) is 0 Å². The molecule has 0 bridgehead atoms. The Morgan fingerprint density at radius 2 is 2.18 bits per heavy atom. The van der Waals surface area contributed by atoms with Gasteiger partial charge in [-0.2, -0.15) is 0 Å². The fourth-order valence-corrected chi connectivity index (χ4v) is 2.25. The van der Waals surface area contributed by atoms with Crippen molar-refractivity contribution in [2.45, 2.75) is 19.4 Å². The minimum absolute atomic E-state index is 0.545. The summed E-state index contributed by atoms with van der Waals surface area (Å²) in [4.78, 5) is 5.26. The number of allylic oxidation sites excluding steroid dienone is 3. The topological polar surface area (TPSA) is 33.1 Å². The van der Waals surface area contributed by atoms with Gasteiger partial charge in [-0.05, 0) is 25.0 Å². The lowest BCUT2D eigenvalue weighted by Crippen LogP contribution is -2.22. The van der Waals surface area contributed by atoms with E-state index in [1.54, 1.807) is 25.3 Å². The molecule has 0 amide bonds. The molecule has 1 N–H and O–H groups in total. The van der Waals surface area contributed by atoms with Gasteiger partial charge in [0.2, 0.25) is 0 Å². The molecule has 90 valence electrons. The monoisotopic (exact) mass is 247 g/mol. The molecule has 0 aliphatic heterocycles. The van der Waals surface area contributed by atoms with Crippen LogP contribution in [-0.4, -0.2) is 10.1 Å². The van der Waals surface area contributed by atoms with Gasteiger partial charge in [-0.3, -0.25) is 0 Å². The average molecular weight is 247 g/mol. The Bertz CT molecular complexity index is 480. The van der Waals surface area contributed by atoms with Crippen LogP contribution in [0, 0.1) is 0 Å². The van der Waals surface area contributed by atoms with Crippen LogP contribution >= 0.6 is 11.3 Å². The second kappa shape index (κ2) is 5.25. The van der Waals surface area contributed by atoms with Crippen molar-refractivity contribution in [1.29, 1.82) is 0 Å². The van der Waals surface area contributed by atoms with E-state index in [-0.39, 0.29) is 0 Å². The van der Waals surface area contributed by atoms with Gasteiger partial charge in [0.05, 0.1) is 4.88 Å². The molecule has 17 heavy (non-hydrogen) atoms. The minimum Gasteiger partial charge on any atom is -0.378 e. The first-order chi connectivity index (χ1) is 7.93. The summed E-state index contributed by atoms with van der Waals surface area (Å²) in [5.41, 5.74) is 0.464. The standard InChI is InChI=1S/C14H17NOS/c1-6-8-10(3)12-9-15-13(17-12)14(5,16)11(4)7-2/h6-9,16H,1-2,4H2,3,5H3/b10-8+. The molecule has 1 heterocycles. The highest BCUT2D eigenvalue weighted by Crippen LogP contribution is 2.33. The number of thiazole rings is 1. The van der Waals surface area contributed by atoms with E-state index in [2.05, 4.69) is 24.7 Å². The van der Waals surface area contributed by atoms with Crippen molar-refractivity contribution in [3.8, 4) is 0 Å². The summed E-state index contributed by atoms with van der Waals surface area (Å²) < 4.78 is 0. The summed E-state index contributed by atoms with van der Waals surface area (Å²) in [5, 5.41) is 10.9. The van der Waals surface area contributed by atoms with Gasteiger partial charge in [-0.1, -0.05) is 38.0 Å². The molecule has 1 aromatic heterocycles. The lowest BCUT2D eigenvalue weighted by molar-refractivity contribution is 0.102. The molecular weight excluding hydrogens is 230 g/mol. The summed E-state index contributed by atoms with van der Waals surface area (Å²) in [6, 6.07) is 0. The third-order valence-electron chi connectivity index (χ3n) is 2.55. The zero-order chi connectivity index (χ0) is 13.1. The highest BCUT2D eigenvalue weighted by Gasteiger charge is 2.28. The van der Waals surface area contributed by atoms with Gasteiger partial charge >= 0.3 is 0 Å².